The fourth-order valence-corrected chi connectivity index (χ4v) is 3.26. The van der Waals surface area contributed by atoms with Crippen molar-refractivity contribution in [3.8, 4) is 5.75 Å². The standard InChI is InChI=1S/C20H23N3O3S/c1-2-26-19(25)15-6-8-16(9-7-15)21-20(27)23-12-10-22(11-13-23)17-4-3-5-18(24)14-17/h3-9,14,24H,2,10-13H2,1H3,(H,21,27). The Morgan fingerprint density at radius 1 is 1.15 bits per heavy atom. The molecular formula is C20H23N3O3S. The number of ether oxygens (including phenoxy) is 1. The first-order valence-electron chi connectivity index (χ1n) is 8.94. The Balaban J connectivity index is 1.53. The number of phenols is 1. The van der Waals surface area contributed by atoms with Crippen molar-refractivity contribution in [2.24, 2.45) is 0 Å². The van der Waals surface area contributed by atoms with E-state index in [0.717, 1.165) is 37.6 Å². The highest BCUT2D eigenvalue weighted by atomic mass is 32.1. The van der Waals surface area contributed by atoms with E-state index < -0.39 is 0 Å². The largest absolute Gasteiger partial charge is 0.508 e. The van der Waals surface area contributed by atoms with Crippen molar-refractivity contribution in [1.82, 2.24) is 4.90 Å². The van der Waals surface area contributed by atoms with E-state index in [0.29, 0.717) is 17.3 Å². The summed E-state index contributed by atoms with van der Waals surface area (Å²) in [5.41, 5.74) is 2.37. The molecule has 0 unspecified atom stereocenters. The number of benzene rings is 2. The van der Waals surface area contributed by atoms with E-state index >= 15 is 0 Å². The van der Waals surface area contributed by atoms with Crippen LogP contribution in [0.4, 0.5) is 11.4 Å². The summed E-state index contributed by atoms with van der Waals surface area (Å²) >= 11 is 5.52. The molecule has 2 aromatic rings. The molecule has 1 fully saturated rings. The highest BCUT2D eigenvalue weighted by molar-refractivity contribution is 7.80. The van der Waals surface area contributed by atoms with E-state index in [2.05, 4.69) is 15.1 Å². The molecule has 2 aromatic carbocycles. The van der Waals surface area contributed by atoms with E-state index in [1.807, 2.05) is 24.3 Å². The van der Waals surface area contributed by atoms with Crippen molar-refractivity contribution in [3.05, 3.63) is 54.1 Å². The molecule has 27 heavy (non-hydrogen) atoms. The second-order valence-electron chi connectivity index (χ2n) is 6.22. The van der Waals surface area contributed by atoms with Crippen LogP contribution >= 0.6 is 12.2 Å². The average molecular weight is 385 g/mol. The molecular weight excluding hydrogens is 362 g/mol. The van der Waals surface area contributed by atoms with E-state index in [1.54, 1.807) is 31.2 Å². The summed E-state index contributed by atoms with van der Waals surface area (Å²) in [5, 5.41) is 13.5. The molecule has 0 amide bonds. The van der Waals surface area contributed by atoms with E-state index in [1.165, 1.54) is 0 Å². The Labute approximate surface area is 164 Å². The molecule has 1 saturated heterocycles. The number of carbonyl (C=O) groups is 1. The molecule has 0 spiro atoms. The number of thiocarbonyl (C=S) groups is 1. The fraction of sp³-hybridized carbons (Fsp3) is 0.300. The number of hydrogen-bond acceptors (Lipinski definition) is 5. The summed E-state index contributed by atoms with van der Waals surface area (Å²) in [7, 11) is 0. The first-order valence-corrected chi connectivity index (χ1v) is 9.34. The van der Waals surface area contributed by atoms with Gasteiger partial charge in [-0.15, -0.1) is 0 Å². The second kappa shape index (κ2) is 8.73. The molecule has 1 aliphatic rings. The zero-order valence-corrected chi connectivity index (χ0v) is 16.0. The molecule has 0 bridgehead atoms. The van der Waals surface area contributed by atoms with E-state index in [-0.39, 0.29) is 11.7 Å². The smallest absolute Gasteiger partial charge is 0.338 e. The van der Waals surface area contributed by atoms with Gasteiger partial charge in [0.1, 0.15) is 5.75 Å². The summed E-state index contributed by atoms with van der Waals surface area (Å²) < 4.78 is 4.98. The van der Waals surface area contributed by atoms with Crippen LogP contribution in [0, 0.1) is 0 Å². The molecule has 142 valence electrons. The van der Waals surface area contributed by atoms with Gasteiger partial charge >= 0.3 is 5.97 Å². The van der Waals surface area contributed by atoms with Gasteiger partial charge in [-0.25, -0.2) is 4.79 Å². The summed E-state index contributed by atoms with van der Waals surface area (Å²) in [6, 6.07) is 14.4. The first-order chi connectivity index (χ1) is 13.1. The van der Waals surface area contributed by atoms with Gasteiger partial charge in [-0.05, 0) is 55.5 Å². The van der Waals surface area contributed by atoms with Crippen molar-refractivity contribution in [3.63, 3.8) is 0 Å². The van der Waals surface area contributed by atoms with Crippen LogP contribution in [0.2, 0.25) is 0 Å². The molecule has 0 saturated carbocycles. The SMILES string of the molecule is CCOC(=O)c1ccc(NC(=S)N2CCN(c3cccc(O)c3)CC2)cc1. The minimum Gasteiger partial charge on any atom is -0.508 e. The Kier molecular flexibility index (Phi) is 6.13. The van der Waals surface area contributed by atoms with Gasteiger partial charge in [0.05, 0.1) is 12.2 Å². The molecule has 6 nitrogen and oxygen atoms in total. The van der Waals surface area contributed by atoms with Crippen LogP contribution in [-0.2, 0) is 4.74 Å². The lowest BCUT2D eigenvalue weighted by atomic mass is 10.2. The Morgan fingerprint density at radius 3 is 2.48 bits per heavy atom. The maximum atomic E-state index is 11.7. The topological polar surface area (TPSA) is 65.0 Å². The van der Waals surface area contributed by atoms with E-state index in [4.69, 9.17) is 17.0 Å². The predicted octanol–water partition coefficient (Wildman–Crippen LogP) is 3.09. The van der Waals surface area contributed by atoms with Crippen LogP contribution in [0.3, 0.4) is 0 Å². The molecule has 2 N–H and O–H groups in total. The minimum atomic E-state index is -0.324. The number of esters is 1. The Morgan fingerprint density at radius 2 is 1.85 bits per heavy atom. The number of piperazine rings is 1. The van der Waals surface area contributed by atoms with E-state index in [9.17, 15) is 9.90 Å². The maximum absolute atomic E-state index is 11.7. The van der Waals surface area contributed by atoms with Gasteiger partial charge in [-0.3, -0.25) is 0 Å². The summed E-state index contributed by atoms with van der Waals surface area (Å²) in [6.45, 7) is 5.38. The predicted molar refractivity (Wildman–Crippen MR) is 111 cm³/mol. The lowest BCUT2D eigenvalue weighted by molar-refractivity contribution is 0.0526. The fourth-order valence-electron chi connectivity index (χ4n) is 2.96. The summed E-state index contributed by atoms with van der Waals surface area (Å²) in [5.74, 6) is -0.0481. The quantitative estimate of drug-likeness (QED) is 0.619. The van der Waals surface area contributed by atoms with Crippen molar-refractivity contribution in [2.45, 2.75) is 6.92 Å². The van der Waals surface area contributed by atoms with Crippen LogP contribution in [0.1, 0.15) is 17.3 Å². The third kappa shape index (κ3) is 4.89. The number of anilines is 2. The first kappa shape index (κ1) is 19.0. The molecule has 0 radical (unpaired) electrons. The van der Waals surface area contributed by atoms with Gasteiger partial charge in [0, 0.05) is 43.6 Å². The van der Waals surface area contributed by atoms with Crippen molar-refractivity contribution in [1.29, 1.82) is 0 Å². The van der Waals surface area contributed by atoms with Gasteiger partial charge in [-0.2, -0.15) is 0 Å². The maximum Gasteiger partial charge on any atom is 0.338 e. The number of nitrogens with one attached hydrogen (secondary N) is 1. The van der Waals surface area contributed by atoms with Crippen molar-refractivity contribution >= 4 is 34.7 Å². The highest BCUT2D eigenvalue weighted by Crippen LogP contribution is 2.21. The minimum absolute atomic E-state index is 0.276. The zero-order valence-electron chi connectivity index (χ0n) is 15.2. The molecule has 1 aliphatic heterocycles. The van der Waals surface area contributed by atoms with Gasteiger partial charge in [0.2, 0.25) is 0 Å². The lowest BCUT2D eigenvalue weighted by Gasteiger charge is -2.37. The third-order valence-corrected chi connectivity index (χ3v) is 4.77. The lowest BCUT2D eigenvalue weighted by Crippen LogP contribution is -2.50. The number of nitrogens with zero attached hydrogens (tertiary/aromatic N) is 2. The molecule has 0 aliphatic carbocycles. The molecule has 1 heterocycles. The zero-order chi connectivity index (χ0) is 19.2. The summed E-state index contributed by atoms with van der Waals surface area (Å²) in [4.78, 5) is 16.0. The number of aromatic hydroxyl groups is 1. The normalized spacial score (nSPS) is 14.0. The second-order valence-corrected chi connectivity index (χ2v) is 6.61. The van der Waals surface area contributed by atoms with Crippen LogP contribution in [0.25, 0.3) is 0 Å². The van der Waals surface area contributed by atoms with Crippen molar-refractivity contribution < 1.29 is 14.6 Å². The van der Waals surface area contributed by atoms with Gasteiger partial charge in [0.15, 0.2) is 5.11 Å². The Hall–Kier alpha value is -2.80. The number of hydrogen-bond donors (Lipinski definition) is 2. The number of rotatable bonds is 4. The van der Waals surface area contributed by atoms with Gasteiger partial charge < -0.3 is 25.0 Å². The van der Waals surface area contributed by atoms with Crippen LogP contribution in [0.5, 0.6) is 5.75 Å². The van der Waals surface area contributed by atoms with Crippen LogP contribution < -0.4 is 10.2 Å². The van der Waals surface area contributed by atoms with Crippen LogP contribution in [-0.4, -0.2) is 53.9 Å². The average Bonchev–Trinajstić information content (AvgIpc) is 2.69. The van der Waals surface area contributed by atoms with Crippen molar-refractivity contribution in [2.75, 3.05) is 43.0 Å². The number of phenolic OH excluding ortho intramolecular Hbond substituents is 1. The van der Waals surface area contributed by atoms with Crippen LogP contribution in [0.15, 0.2) is 48.5 Å². The monoisotopic (exact) mass is 385 g/mol. The number of carbonyl (C=O) groups excluding carboxylic acids is 1. The molecule has 3 rings (SSSR count). The van der Waals surface area contributed by atoms with Gasteiger partial charge in [0.25, 0.3) is 0 Å². The summed E-state index contributed by atoms with van der Waals surface area (Å²) in [6.07, 6.45) is 0. The molecule has 7 heteroatoms. The van der Waals surface area contributed by atoms with Gasteiger partial charge in [-0.1, -0.05) is 6.07 Å². The Bertz CT molecular complexity index is 802. The molecule has 0 atom stereocenters. The molecule has 0 aromatic heterocycles. The highest BCUT2D eigenvalue weighted by Gasteiger charge is 2.19. The third-order valence-electron chi connectivity index (χ3n) is 4.41.